The van der Waals surface area contributed by atoms with Crippen LogP contribution in [0.5, 0.6) is 0 Å². The van der Waals surface area contributed by atoms with Gasteiger partial charge in [-0.1, -0.05) is 0 Å². The van der Waals surface area contributed by atoms with E-state index in [0.717, 1.165) is 18.1 Å². The summed E-state index contributed by atoms with van der Waals surface area (Å²) in [7, 11) is 0. The van der Waals surface area contributed by atoms with E-state index in [1.165, 1.54) is 0 Å². The summed E-state index contributed by atoms with van der Waals surface area (Å²) < 4.78 is 35.3. The van der Waals surface area contributed by atoms with Gasteiger partial charge in [0.15, 0.2) is 0 Å². The molecule has 1 fully saturated rings. The first-order valence-electron chi connectivity index (χ1n) is 4.66. The van der Waals surface area contributed by atoms with E-state index in [4.69, 9.17) is 0 Å². The Morgan fingerprint density at radius 3 is 2.79 bits per heavy atom. The van der Waals surface area contributed by atoms with Gasteiger partial charge in [0, 0.05) is 37.2 Å². The quantitative estimate of drug-likeness (QED) is 0.708. The molecule has 14 heavy (non-hydrogen) atoms. The summed E-state index contributed by atoms with van der Waals surface area (Å²) in [4.78, 5) is 0. The lowest BCUT2D eigenvalue weighted by molar-refractivity contribution is -0.133. The molecule has 0 aromatic carbocycles. The van der Waals surface area contributed by atoms with Crippen LogP contribution in [0.1, 0.15) is 6.42 Å². The maximum absolute atomic E-state index is 11.8. The fraction of sp³-hybridized carbons (Fsp3) is 1.00. The van der Waals surface area contributed by atoms with E-state index in [9.17, 15) is 13.2 Å². The fourth-order valence-corrected chi connectivity index (χ4v) is 2.21. The molecule has 1 saturated heterocycles. The predicted octanol–water partition coefficient (Wildman–Crippen LogP) is 1.23. The minimum absolute atomic E-state index is 0.0202. The van der Waals surface area contributed by atoms with Crippen LogP contribution in [0.3, 0.4) is 0 Å². The Labute approximate surface area is 86.0 Å². The van der Waals surface area contributed by atoms with Crippen LogP contribution in [0.15, 0.2) is 0 Å². The van der Waals surface area contributed by atoms with Gasteiger partial charge in [-0.25, -0.2) is 0 Å². The molecule has 1 unspecified atom stereocenters. The van der Waals surface area contributed by atoms with Gasteiger partial charge < -0.3 is 10.6 Å². The summed E-state index contributed by atoms with van der Waals surface area (Å²) in [6.07, 6.45) is -4.78. The highest BCUT2D eigenvalue weighted by Gasteiger charge is 2.26. The van der Waals surface area contributed by atoms with E-state index in [1.807, 2.05) is 11.8 Å². The number of hydrogen-bond donors (Lipinski definition) is 2. The van der Waals surface area contributed by atoms with E-state index in [2.05, 4.69) is 10.6 Å². The second-order valence-corrected chi connectivity index (χ2v) is 4.45. The molecule has 1 aliphatic rings. The second kappa shape index (κ2) is 5.82. The van der Waals surface area contributed by atoms with Crippen molar-refractivity contribution in [2.45, 2.75) is 18.6 Å². The average Bonchev–Trinajstić information content (AvgIpc) is 2.13. The third-order valence-corrected chi connectivity index (χ3v) is 3.11. The Balaban J connectivity index is 1.97. The maximum Gasteiger partial charge on any atom is 0.390 e. The molecule has 0 radical (unpaired) electrons. The van der Waals surface area contributed by atoms with Crippen molar-refractivity contribution in [2.75, 3.05) is 31.1 Å². The van der Waals surface area contributed by atoms with Crippen LogP contribution in [0, 0.1) is 0 Å². The van der Waals surface area contributed by atoms with E-state index in [0.29, 0.717) is 12.6 Å². The third kappa shape index (κ3) is 5.72. The molecule has 1 aliphatic heterocycles. The standard InChI is InChI=1S/C8H15F3N2S/c9-8(10,11)1-2-12-5-7-6-14-4-3-13-7/h7,12-13H,1-6H2. The normalized spacial score (nSPS) is 23.8. The molecule has 1 atom stereocenters. The van der Waals surface area contributed by atoms with E-state index in [-0.39, 0.29) is 6.54 Å². The summed E-state index contributed by atoms with van der Waals surface area (Å²) >= 11 is 1.84. The minimum Gasteiger partial charge on any atom is -0.315 e. The van der Waals surface area contributed by atoms with Crippen molar-refractivity contribution in [1.29, 1.82) is 0 Å². The van der Waals surface area contributed by atoms with Crippen LogP contribution >= 0.6 is 11.8 Å². The number of nitrogens with one attached hydrogen (secondary N) is 2. The fourth-order valence-electron chi connectivity index (χ4n) is 1.26. The SMILES string of the molecule is FC(F)(F)CCNCC1CSCCN1. The minimum atomic E-state index is -4.04. The lowest BCUT2D eigenvalue weighted by Gasteiger charge is -2.23. The zero-order chi connectivity index (χ0) is 10.4. The third-order valence-electron chi connectivity index (χ3n) is 1.97. The molecule has 6 heteroatoms. The van der Waals surface area contributed by atoms with Crippen molar-refractivity contribution in [3.05, 3.63) is 0 Å². The van der Waals surface area contributed by atoms with E-state index in [1.54, 1.807) is 0 Å². The number of alkyl halides is 3. The highest BCUT2D eigenvalue weighted by Crippen LogP contribution is 2.18. The molecule has 0 spiro atoms. The highest BCUT2D eigenvalue weighted by molar-refractivity contribution is 7.99. The Morgan fingerprint density at radius 2 is 2.21 bits per heavy atom. The molecule has 84 valence electrons. The molecule has 0 saturated carbocycles. The Hall–Kier alpha value is 0.0600. The van der Waals surface area contributed by atoms with Crippen LogP contribution in [-0.2, 0) is 0 Å². The molecule has 0 aliphatic carbocycles. The molecule has 1 heterocycles. The molecule has 2 N–H and O–H groups in total. The molecule has 0 aromatic rings. The lowest BCUT2D eigenvalue weighted by atomic mass is 10.3. The molecular formula is C8H15F3N2S. The number of hydrogen-bond acceptors (Lipinski definition) is 3. The summed E-state index contributed by atoms with van der Waals surface area (Å²) in [6.45, 7) is 1.60. The van der Waals surface area contributed by atoms with Crippen LogP contribution < -0.4 is 10.6 Å². The van der Waals surface area contributed by atoms with Crippen molar-refractivity contribution in [3.63, 3.8) is 0 Å². The van der Waals surface area contributed by atoms with Crippen molar-refractivity contribution in [3.8, 4) is 0 Å². The Morgan fingerprint density at radius 1 is 1.43 bits per heavy atom. The van der Waals surface area contributed by atoms with Gasteiger partial charge >= 0.3 is 6.18 Å². The van der Waals surface area contributed by atoms with Crippen molar-refractivity contribution >= 4 is 11.8 Å². The van der Waals surface area contributed by atoms with Crippen LogP contribution in [0.4, 0.5) is 13.2 Å². The van der Waals surface area contributed by atoms with Crippen molar-refractivity contribution in [2.24, 2.45) is 0 Å². The molecular weight excluding hydrogens is 213 g/mol. The van der Waals surface area contributed by atoms with Crippen LogP contribution in [0.25, 0.3) is 0 Å². The Kier molecular flexibility index (Phi) is 5.05. The smallest absolute Gasteiger partial charge is 0.315 e. The summed E-state index contributed by atoms with van der Waals surface area (Å²) in [5.41, 5.74) is 0. The summed E-state index contributed by atoms with van der Waals surface area (Å²) in [5, 5.41) is 6.07. The lowest BCUT2D eigenvalue weighted by Crippen LogP contribution is -2.44. The van der Waals surface area contributed by atoms with Gasteiger partial charge in [0.2, 0.25) is 0 Å². The first-order valence-corrected chi connectivity index (χ1v) is 5.82. The van der Waals surface area contributed by atoms with E-state index < -0.39 is 12.6 Å². The van der Waals surface area contributed by atoms with Gasteiger partial charge in [-0.15, -0.1) is 0 Å². The van der Waals surface area contributed by atoms with Crippen LogP contribution in [-0.4, -0.2) is 43.4 Å². The Bertz CT molecular complexity index is 157. The van der Waals surface area contributed by atoms with Gasteiger partial charge in [0.05, 0.1) is 6.42 Å². The molecule has 0 aromatic heterocycles. The molecule has 2 nitrogen and oxygen atoms in total. The van der Waals surface area contributed by atoms with Crippen molar-refractivity contribution < 1.29 is 13.2 Å². The predicted molar refractivity (Wildman–Crippen MR) is 52.7 cm³/mol. The number of halogens is 3. The van der Waals surface area contributed by atoms with Gasteiger partial charge in [-0.3, -0.25) is 0 Å². The second-order valence-electron chi connectivity index (χ2n) is 3.30. The van der Waals surface area contributed by atoms with Crippen LogP contribution in [0.2, 0.25) is 0 Å². The maximum atomic E-state index is 11.8. The first-order chi connectivity index (χ1) is 6.58. The van der Waals surface area contributed by atoms with Gasteiger partial charge in [-0.05, 0) is 0 Å². The van der Waals surface area contributed by atoms with Gasteiger partial charge in [-0.2, -0.15) is 24.9 Å². The zero-order valence-corrected chi connectivity index (χ0v) is 8.68. The summed E-state index contributed by atoms with van der Waals surface area (Å²) in [6, 6.07) is 0.321. The average molecular weight is 228 g/mol. The molecule has 0 bridgehead atoms. The zero-order valence-electron chi connectivity index (χ0n) is 7.86. The van der Waals surface area contributed by atoms with Gasteiger partial charge in [0.25, 0.3) is 0 Å². The number of rotatable bonds is 4. The van der Waals surface area contributed by atoms with Gasteiger partial charge in [0.1, 0.15) is 0 Å². The highest BCUT2D eigenvalue weighted by atomic mass is 32.2. The van der Waals surface area contributed by atoms with Crippen molar-refractivity contribution in [1.82, 2.24) is 10.6 Å². The molecule has 1 rings (SSSR count). The molecule has 0 amide bonds. The monoisotopic (exact) mass is 228 g/mol. The van der Waals surface area contributed by atoms with E-state index >= 15 is 0 Å². The summed E-state index contributed by atoms with van der Waals surface area (Å²) in [5.74, 6) is 2.08. The topological polar surface area (TPSA) is 24.1 Å². The largest absolute Gasteiger partial charge is 0.390 e. The number of thioether (sulfide) groups is 1. The first kappa shape index (κ1) is 12.1.